The highest BCUT2D eigenvalue weighted by Gasteiger charge is 2.37. The van der Waals surface area contributed by atoms with Gasteiger partial charge >= 0.3 is 11.9 Å². The number of piperazine rings is 1. The van der Waals surface area contributed by atoms with Crippen LogP contribution in [0.25, 0.3) is 0 Å². The average molecular weight is 755 g/mol. The number of esters is 2. The fraction of sp³-hybridized carbons (Fsp3) is 0.579. The van der Waals surface area contributed by atoms with Crippen molar-refractivity contribution in [3.05, 3.63) is 42.5 Å². The Morgan fingerprint density at radius 3 is 2.17 bits per heavy atom. The molecule has 296 valence electrons. The van der Waals surface area contributed by atoms with Gasteiger partial charge in [0.1, 0.15) is 30.8 Å². The number of amides is 5. The maximum atomic E-state index is 13.6. The first-order valence-electron chi connectivity index (χ1n) is 18.4. The number of rotatable bonds is 17. The van der Waals surface area contributed by atoms with Gasteiger partial charge in [0.15, 0.2) is 0 Å². The Bertz CT molecular complexity index is 1550. The third-order valence-corrected chi connectivity index (χ3v) is 8.81. The number of ketones is 1. The van der Waals surface area contributed by atoms with Crippen LogP contribution in [0.3, 0.4) is 0 Å². The lowest BCUT2D eigenvalue weighted by Crippen LogP contribution is -2.55. The molecular weight excluding hydrogens is 700 g/mol. The van der Waals surface area contributed by atoms with E-state index in [1.165, 1.54) is 17.9 Å². The van der Waals surface area contributed by atoms with Gasteiger partial charge in [-0.25, -0.2) is 0 Å². The lowest BCUT2D eigenvalue weighted by Gasteiger charge is -2.37. The number of hydrogen-bond donors (Lipinski definition) is 3. The number of likely N-dealkylation sites (tertiary alicyclic amines) is 1. The first-order chi connectivity index (χ1) is 25.5. The van der Waals surface area contributed by atoms with Crippen LogP contribution in [-0.2, 0) is 43.0 Å². The largest absolute Gasteiger partial charge is 0.460 e. The molecule has 0 aliphatic carbocycles. The summed E-state index contributed by atoms with van der Waals surface area (Å²) in [5.74, 6) is -4.64. The Kier molecular flexibility index (Phi) is 16.2. The molecule has 0 spiro atoms. The molecule has 0 bridgehead atoms. The molecule has 16 heteroatoms. The SMILES string of the molecule is C=CCOC(=O)CNC(=O)C(=O)C(CCC)NC(=O)[C@@H]1CCCN1C(=O)c1ccc(N2CCN(C(=O)[C@H](CCC(=O)OC(C)(C)C)NC(C)=O)CC2)cc1. The quantitative estimate of drug-likeness (QED) is 0.118. The summed E-state index contributed by atoms with van der Waals surface area (Å²) in [5.41, 5.74) is 0.556. The molecule has 54 heavy (non-hydrogen) atoms. The van der Waals surface area contributed by atoms with E-state index in [9.17, 15) is 38.4 Å². The zero-order valence-corrected chi connectivity index (χ0v) is 31.9. The van der Waals surface area contributed by atoms with Crippen LogP contribution in [-0.4, -0.2) is 127 Å². The van der Waals surface area contributed by atoms with Gasteiger partial charge in [0.05, 0.1) is 6.04 Å². The highest BCUT2D eigenvalue weighted by atomic mass is 16.6. The Morgan fingerprint density at radius 1 is 0.907 bits per heavy atom. The molecule has 2 aliphatic rings. The van der Waals surface area contributed by atoms with Crippen molar-refractivity contribution < 1.29 is 47.8 Å². The van der Waals surface area contributed by atoms with Crippen LogP contribution < -0.4 is 20.9 Å². The predicted octanol–water partition coefficient (Wildman–Crippen LogP) is 1.27. The van der Waals surface area contributed by atoms with Crippen LogP contribution in [0.5, 0.6) is 0 Å². The molecule has 0 saturated carbocycles. The van der Waals surface area contributed by atoms with Crippen LogP contribution in [0.15, 0.2) is 36.9 Å². The van der Waals surface area contributed by atoms with Crippen molar-refractivity contribution in [2.75, 3.05) is 50.8 Å². The molecule has 16 nitrogen and oxygen atoms in total. The Labute approximate surface area is 316 Å². The summed E-state index contributed by atoms with van der Waals surface area (Å²) in [4.78, 5) is 107. The Balaban J connectivity index is 1.57. The van der Waals surface area contributed by atoms with E-state index in [0.717, 1.165) is 5.69 Å². The van der Waals surface area contributed by atoms with E-state index in [-0.39, 0.29) is 43.6 Å². The van der Waals surface area contributed by atoms with Crippen molar-refractivity contribution >= 4 is 52.9 Å². The second kappa shape index (κ2) is 20.3. The van der Waals surface area contributed by atoms with E-state index in [2.05, 4.69) is 27.4 Å². The molecule has 3 atom stereocenters. The first kappa shape index (κ1) is 43.1. The van der Waals surface area contributed by atoms with Gasteiger partial charge in [-0.15, -0.1) is 0 Å². The van der Waals surface area contributed by atoms with E-state index in [1.807, 2.05) is 0 Å². The highest BCUT2D eigenvalue weighted by Crippen LogP contribution is 2.24. The third kappa shape index (κ3) is 13.0. The van der Waals surface area contributed by atoms with Crippen molar-refractivity contribution in [2.45, 2.75) is 96.9 Å². The molecule has 3 N–H and O–H groups in total. The van der Waals surface area contributed by atoms with Gasteiger partial charge in [0.25, 0.3) is 11.8 Å². The number of benzene rings is 1. The van der Waals surface area contributed by atoms with E-state index in [0.29, 0.717) is 57.5 Å². The second-order valence-electron chi connectivity index (χ2n) is 14.3. The summed E-state index contributed by atoms with van der Waals surface area (Å²) in [6, 6.07) is 4.15. The topological polar surface area (TPSA) is 201 Å². The summed E-state index contributed by atoms with van der Waals surface area (Å²) in [6.45, 7) is 13.4. The summed E-state index contributed by atoms with van der Waals surface area (Å²) < 4.78 is 10.1. The van der Waals surface area contributed by atoms with Crippen LogP contribution >= 0.6 is 0 Å². The van der Waals surface area contributed by atoms with Gasteiger partial charge in [-0.05, 0) is 70.7 Å². The summed E-state index contributed by atoms with van der Waals surface area (Å²) in [6.07, 6.45) is 3.11. The predicted molar refractivity (Wildman–Crippen MR) is 198 cm³/mol. The number of hydrogen-bond acceptors (Lipinski definition) is 11. The smallest absolute Gasteiger partial charge is 0.325 e. The van der Waals surface area contributed by atoms with Crippen molar-refractivity contribution in [1.82, 2.24) is 25.8 Å². The molecule has 5 amide bonds. The zero-order valence-electron chi connectivity index (χ0n) is 31.9. The molecule has 2 aliphatic heterocycles. The van der Waals surface area contributed by atoms with E-state index in [1.54, 1.807) is 56.9 Å². The van der Waals surface area contributed by atoms with Gasteiger partial charge in [0.2, 0.25) is 23.5 Å². The van der Waals surface area contributed by atoms with Gasteiger partial charge < -0.3 is 40.1 Å². The number of anilines is 1. The monoisotopic (exact) mass is 754 g/mol. The minimum absolute atomic E-state index is 0.0165. The minimum atomic E-state index is -1.13. The summed E-state index contributed by atoms with van der Waals surface area (Å²) >= 11 is 0. The van der Waals surface area contributed by atoms with Crippen LogP contribution in [0, 0.1) is 0 Å². The van der Waals surface area contributed by atoms with Gasteiger partial charge in [0, 0.05) is 57.3 Å². The van der Waals surface area contributed by atoms with Crippen molar-refractivity contribution in [2.24, 2.45) is 0 Å². The van der Waals surface area contributed by atoms with Gasteiger partial charge in [-0.3, -0.25) is 38.4 Å². The fourth-order valence-electron chi connectivity index (χ4n) is 6.25. The molecule has 2 fully saturated rings. The third-order valence-electron chi connectivity index (χ3n) is 8.81. The Hall–Kier alpha value is -5.28. The lowest BCUT2D eigenvalue weighted by molar-refractivity contribution is -0.155. The maximum Gasteiger partial charge on any atom is 0.325 e. The molecule has 2 saturated heterocycles. The van der Waals surface area contributed by atoms with Crippen LogP contribution in [0.4, 0.5) is 5.69 Å². The van der Waals surface area contributed by atoms with Gasteiger partial charge in [-0.2, -0.15) is 0 Å². The van der Waals surface area contributed by atoms with Crippen molar-refractivity contribution in [3.8, 4) is 0 Å². The van der Waals surface area contributed by atoms with E-state index in [4.69, 9.17) is 9.47 Å². The number of carbonyl (C=O) groups excluding carboxylic acids is 8. The van der Waals surface area contributed by atoms with Crippen LogP contribution in [0.1, 0.15) is 83.5 Å². The lowest BCUT2D eigenvalue weighted by atomic mass is 10.0. The highest BCUT2D eigenvalue weighted by molar-refractivity contribution is 6.38. The standard InChI is InChI=1S/C38H54N6O10/c1-7-10-28(33(48)35(50)39-24-32(47)53-23-8-2)41-34(49)30-11-9-18-44(30)36(51)26-12-14-27(15-13-26)42-19-21-43(22-20-42)37(52)29(40-25(3)45)16-17-31(46)54-38(4,5)6/h8,12-15,28-30H,2,7,9-11,16-24H2,1,3-6H3,(H,39,50)(H,40,45)(H,41,49)/t28?,29-,30-/m0/s1. The van der Waals surface area contributed by atoms with E-state index < -0.39 is 59.8 Å². The van der Waals surface area contributed by atoms with Crippen LogP contribution in [0.2, 0.25) is 0 Å². The number of ether oxygens (including phenoxy) is 2. The van der Waals surface area contributed by atoms with Gasteiger partial charge in [-0.1, -0.05) is 26.0 Å². The maximum absolute atomic E-state index is 13.6. The fourth-order valence-corrected chi connectivity index (χ4v) is 6.25. The average Bonchev–Trinajstić information content (AvgIpc) is 3.63. The zero-order chi connectivity index (χ0) is 40.0. The summed E-state index contributed by atoms with van der Waals surface area (Å²) in [7, 11) is 0. The molecule has 1 aromatic rings. The molecule has 2 heterocycles. The van der Waals surface area contributed by atoms with E-state index >= 15 is 0 Å². The number of nitrogens with one attached hydrogen (secondary N) is 3. The van der Waals surface area contributed by atoms with Crippen molar-refractivity contribution in [3.63, 3.8) is 0 Å². The minimum Gasteiger partial charge on any atom is -0.460 e. The number of Topliss-reactive ketones (excluding diaryl/α,β-unsaturated/α-hetero) is 1. The molecule has 0 radical (unpaired) electrons. The molecular formula is C38H54N6O10. The Morgan fingerprint density at radius 2 is 1.57 bits per heavy atom. The van der Waals surface area contributed by atoms with Crippen molar-refractivity contribution in [1.29, 1.82) is 0 Å². The number of nitrogens with zero attached hydrogens (tertiary/aromatic N) is 3. The normalized spacial score (nSPS) is 16.8. The molecule has 0 aromatic heterocycles. The molecule has 1 aromatic carbocycles. The first-order valence-corrected chi connectivity index (χ1v) is 18.4. The molecule has 1 unspecified atom stereocenters. The number of carbonyl (C=O) groups is 8. The summed E-state index contributed by atoms with van der Waals surface area (Å²) in [5, 5.41) is 7.53. The molecule has 3 rings (SSSR count). The second-order valence-corrected chi connectivity index (χ2v) is 14.3.